The van der Waals surface area contributed by atoms with Crippen molar-refractivity contribution in [3.8, 4) is 0 Å². The molecule has 3 nitrogen and oxygen atoms in total. The van der Waals surface area contributed by atoms with Crippen LogP contribution in [0, 0.1) is 11.8 Å². The van der Waals surface area contributed by atoms with Crippen LogP contribution in [0.2, 0.25) is 5.02 Å². The Balaban J connectivity index is 1.54. The van der Waals surface area contributed by atoms with Crippen molar-refractivity contribution >= 4 is 28.8 Å². The molecule has 5 heteroatoms. The fourth-order valence-corrected chi connectivity index (χ4v) is 3.47. The van der Waals surface area contributed by atoms with Crippen molar-refractivity contribution in [3.05, 3.63) is 52.6 Å². The summed E-state index contributed by atoms with van der Waals surface area (Å²) in [6, 6.07) is 8.02. The van der Waals surface area contributed by atoms with E-state index in [0.717, 1.165) is 17.3 Å². The first-order valence-electron chi connectivity index (χ1n) is 6.61. The van der Waals surface area contributed by atoms with Gasteiger partial charge in [0.25, 0.3) is 0 Å². The van der Waals surface area contributed by atoms with E-state index in [1.54, 1.807) is 0 Å². The summed E-state index contributed by atoms with van der Waals surface area (Å²) in [5.41, 5.74) is 2.60. The third-order valence-corrected chi connectivity index (χ3v) is 4.63. The van der Waals surface area contributed by atoms with E-state index in [1.165, 1.54) is 11.1 Å². The summed E-state index contributed by atoms with van der Waals surface area (Å²) in [6.45, 7) is 0. The van der Waals surface area contributed by atoms with Gasteiger partial charge < -0.3 is 4.52 Å². The number of hydrogen-bond acceptors (Lipinski definition) is 3. The lowest BCUT2D eigenvalue weighted by molar-refractivity contribution is 0.383. The molecule has 0 bridgehead atoms. The molecular weight excluding hydrogens is 295 g/mol. The number of allylic oxidation sites excluding steroid dienone is 2. The van der Waals surface area contributed by atoms with Gasteiger partial charge in [0.2, 0.25) is 5.89 Å². The first-order valence-corrected chi connectivity index (χ1v) is 7.52. The number of hydrogen-bond donors (Lipinski definition) is 0. The van der Waals surface area contributed by atoms with Crippen LogP contribution in [0.3, 0.4) is 0 Å². The normalized spacial score (nSPS) is 27.3. The minimum absolute atomic E-state index is 0.276. The van der Waals surface area contributed by atoms with Crippen molar-refractivity contribution in [1.29, 1.82) is 0 Å². The molecule has 0 saturated heterocycles. The fourth-order valence-electron chi connectivity index (χ4n) is 3.17. The number of alkyl halides is 1. The highest BCUT2D eigenvalue weighted by Crippen LogP contribution is 2.62. The molecule has 0 N–H and O–H groups in total. The zero-order chi connectivity index (χ0) is 13.7. The second kappa shape index (κ2) is 4.61. The van der Waals surface area contributed by atoms with Gasteiger partial charge >= 0.3 is 0 Å². The van der Waals surface area contributed by atoms with Crippen LogP contribution >= 0.6 is 23.2 Å². The molecule has 3 atom stereocenters. The van der Waals surface area contributed by atoms with Crippen molar-refractivity contribution in [2.75, 3.05) is 0 Å². The molecular formula is C15H12Cl2N2O. The Bertz CT molecular complexity index is 695. The molecule has 2 aliphatic rings. The van der Waals surface area contributed by atoms with Gasteiger partial charge in [-0.25, -0.2) is 0 Å². The summed E-state index contributed by atoms with van der Waals surface area (Å²) >= 11 is 11.7. The van der Waals surface area contributed by atoms with Crippen LogP contribution in [0.5, 0.6) is 0 Å². The molecule has 1 saturated carbocycles. The standard InChI is InChI=1S/C15H12Cl2N2O/c16-7-13-18-15(19-20-13)14-11-5-9(6-12(11)14)8-2-1-3-10(17)4-8/h1-5,11-12,14H,6-7H2/t11-,12+,14?/m0/s1. The van der Waals surface area contributed by atoms with Gasteiger partial charge in [0.15, 0.2) is 5.82 Å². The fraction of sp³-hybridized carbons (Fsp3) is 0.333. The highest BCUT2D eigenvalue weighted by Gasteiger charge is 2.55. The molecule has 2 aromatic rings. The molecule has 0 amide bonds. The zero-order valence-corrected chi connectivity index (χ0v) is 12.1. The smallest absolute Gasteiger partial charge is 0.241 e. The third-order valence-electron chi connectivity index (χ3n) is 4.17. The monoisotopic (exact) mass is 306 g/mol. The third kappa shape index (κ3) is 1.97. The predicted molar refractivity (Wildman–Crippen MR) is 77.6 cm³/mol. The number of nitrogens with zero attached hydrogens (tertiary/aromatic N) is 2. The van der Waals surface area contributed by atoms with Gasteiger partial charge in [0.05, 0.1) is 0 Å². The Kier molecular flexibility index (Phi) is 2.86. The largest absolute Gasteiger partial charge is 0.338 e. The van der Waals surface area contributed by atoms with Gasteiger partial charge in [-0.05, 0) is 41.5 Å². The van der Waals surface area contributed by atoms with E-state index in [-0.39, 0.29) is 5.88 Å². The second-order valence-electron chi connectivity index (χ2n) is 5.35. The topological polar surface area (TPSA) is 38.9 Å². The quantitative estimate of drug-likeness (QED) is 0.795. The van der Waals surface area contributed by atoms with E-state index < -0.39 is 0 Å². The maximum atomic E-state index is 6.04. The number of aromatic nitrogens is 2. The summed E-state index contributed by atoms with van der Waals surface area (Å²) in [5, 5.41) is 4.81. The van der Waals surface area contributed by atoms with Crippen molar-refractivity contribution < 1.29 is 4.52 Å². The number of rotatable bonds is 3. The molecule has 1 unspecified atom stereocenters. The first kappa shape index (κ1) is 12.4. The molecule has 2 aliphatic carbocycles. The Morgan fingerprint density at radius 1 is 1.35 bits per heavy atom. The summed E-state index contributed by atoms with van der Waals surface area (Å²) in [5.74, 6) is 3.12. The molecule has 102 valence electrons. The predicted octanol–water partition coefficient (Wildman–Crippen LogP) is 4.28. The lowest BCUT2D eigenvalue weighted by Gasteiger charge is -2.05. The van der Waals surface area contributed by atoms with Gasteiger partial charge in [0, 0.05) is 10.9 Å². The van der Waals surface area contributed by atoms with Crippen LogP contribution in [0.4, 0.5) is 0 Å². The molecule has 1 fully saturated rings. The van der Waals surface area contributed by atoms with Gasteiger partial charge in [0.1, 0.15) is 5.88 Å². The Morgan fingerprint density at radius 3 is 2.90 bits per heavy atom. The molecule has 0 radical (unpaired) electrons. The number of fused-ring (bicyclic) bond motifs is 1. The maximum Gasteiger partial charge on any atom is 0.241 e. The van der Waals surface area contributed by atoms with Gasteiger partial charge in [-0.2, -0.15) is 4.98 Å². The van der Waals surface area contributed by atoms with E-state index in [0.29, 0.717) is 23.6 Å². The van der Waals surface area contributed by atoms with Crippen molar-refractivity contribution in [1.82, 2.24) is 10.1 Å². The van der Waals surface area contributed by atoms with Gasteiger partial charge in [-0.3, -0.25) is 0 Å². The lowest BCUT2D eigenvalue weighted by Crippen LogP contribution is -1.92. The minimum Gasteiger partial charge on any atom is -0.338 e. The van der Waals surface area contributed by atoms with Gasteiger partial charge in [-0.15, -0.1) is 11.6 Å². The summed E-state index contributed by atoms with van der Waals surface area (Å²) in [4.78, 5) is 4.33. The number of benzene rings is 1. The minimum atomic E-state index is 0.276. The Labute approximate surface area is 126 Å². The van der Waals surface area contributed by atoms with Crippen LogP contribution in [0.25, 0.3) is 5.57 Å². The van der Waals surface area contributed by atoms with E-state index >= 15 is 0 Å². The molecule has 20 heavy (non-hydrogen) atoms. The van der Waals surface area contributed by atoms with Crippen molar-refractivity contribution in [2.45, 2.75) is 18.2 Å². The Hall–Kier alpha value is -1.32. The van der Waals surface area contributed by atoms with E-state index in [4.69, 9.17) is 27.7 Å². The van der Waals surface area contributed by atoms with Gasteiger partial charge in [-0.1, -0.05) is 35.0 Å². The molecule has 4 rings (SSSR count). The van der Waals surface area contributed by atoms with E-state index in [1.807, 2.05) is 18.2 Å². The molecule has 1 heterocycles. The van der Waals surface area contributed by atoms with E-state index in [2.05, 4.69) is 22.3 Å². The number of halogens is 2. The summed E-state index contributed by atoms with van der Waals surface area (Å²) in [7, 11) is 0. The van der Waals surface area contributed by atoms with Crippen LogP contribution in [-0.2, 0) is 5.88 Å². The molecule has 1 aromatic carbocycles. The van der Waals surface area contributed by atoms with Crippen molar-refractivity contribution in [3.63, 3.8) is 0 Å². The second-order valence-corrected chi connectivity index (χ2v) is 6.06. The SMILES string of the molecule is ClCc1nc(C2[C@H]3C=C(c4cccc(Cl)c4)C[C@@H]23)no1. The summed E-state index contributed by atoms with van der Waals surface area (Å²) in [6.07, 6.45) is 3.39. The van der Waals surface area contributed by atoms with Crippen molar-refractivity contribution in [2.24, 2.45) is 11.8 Å². The van der Waals surface area contributed by atoms with Crippen LogP contribution < -0.4 is 0 Å². The molecule has 0 aliphatic heterocycles. The lowest BCUT2D eigenvalue weighted by atomic mass is 10.0. The van der Waals surface area contributed by atoms with Crippen LogP contribution in [0.15, 0.2) is 34.9 Å². The average molecular weight is 307 g/mol. The van der Waals surface area contributed by atoms with E-state index in [9.17, 15) is 0 Å². The highest BCUT2D eigenvalue weighted by molar-refractivity contribution is 6.30. The molecule has 0 spiro atoms. The first-order chi connectivity index (χ1) is 9.76. The van der Waals surface area contributed by atoms with Crippen LogP contribution in [-0.4, -0.2) is 10.1 Å². The Morgan fingerprint density at radius 2 is 2.25 bits per heavy atom. The molecule has 1 aromatic heterocycles. The van der Waals surface area contributed by atoms with Crippen LogP contribution in [0.1, 0.15) is 29.6 Å². The zero-order valence-electron chi connectivity index (χ0n) is 10.6. The summed E-state index contributed by atoms with van der Waals surface area (Å²) < 4.78 is 5.08. The highest BCUT2D eigenvalue weighted by atomic mass is 35.5. The maximum absolute atomic E-state index is 6.04. The average Bonchev–Trinajstić information content (AvgIpc) is 2.87.